The van der Waals surface area contributed by atoms with Crippen LogP contribution in [-0.2, 0) is 0 Å². The SMILES string of the molecule is C=N/C(=C\C=C/C)CCCC(C)C. The first kappa shape index (κ1) is 12.2. The van der Waals surface area contributed by atoms with E-state index < -0.39 is 0 Å². The summed E-state index contributed by atoms with van der Waals surface area (Å²) in [6.45, 7) is 10.1. The molecule has 0 aromatic rings. The van der Waals surface area contributed by atoms with Crippen LogP contribution in [0, 0.1) is 5.92 Å². The second-order valence-corrected chi connectivity index (χ2v) is 3.63. The predicted octanol–water partition coefficient (Wildman–Crippen LogP) is 3.97. The molecule has 1 nitrogen and oxygen atoms in total. The van der Waals surface area contributed by atoms with Gasteiger partial charge in [0.05, 0.1) is 0 Å². The molecule has 0 N–H and O–H groups in total. The van der Waals surface area contributed by atoms with Crippen LogP contribution in [-0.4, -0.2) is 6.72 Å². The van der Waals surface area contributed by atoms with Crippen LogP contribution in [0.1, 0.15) is 40.0 Å². The van der Waals surface area contributed by atoms with Crippen molar-refractivity contribution in [3.63, 3.8) is 0 Å². The highest BCUT2D eigenvalue weighted by molar-refractivity contribution is 5.30. The van der Waals surface area contributed by atoms with Crippen molar-refractivity contribution in [3.05, 3.63) is 23.9 Å². The summed E-state index contributed by atoms with van der Waals surface area (Å²) in [5.74, 6) is 0.785. The van der Waals surface area contributed by atoms with Crippen molar-refractivity contribution >= 4 is 6.72 Å². The molecule has 0 radical (unpaired) electrons. The lowest BCUT2D eigenvalue weighted by Crippen LogP contribution is -1.87. The van der Waals surface area contributed by atoms with E-state index in [-0.39, 0.29) is 0 Å². The van der Waals surface area contributed by atoms with E-state index >= 15 is 0 Å². The molecule has 74 valence electrons. The topological polar surface area (TPSA) is 12.4 Å². The molecule has 0 aliphatic rings. The van der Waals surface area contributed by atoms with Gasteiger partial charge < -0.3 is 0 Å². The van der Waals surface area contributed by atoms with Crippen LogP contribution in [0.25, 0.3) is 0 Å². The van der Waals surface area contributed by atoms with Crippen LogP contribution >= 0.6 is 0 Å². The smallest absolute Gasteiger partial charge is 0.0396 e. The normalized spacial score (nSPS) is 12.8. The van der Waals surface area contributed by atoms with Crippen LogP contribution in [0.5, 0.6) is 0 Å². The molecule has 0 bridgehead atoms. The monoisotopic (exact) mass is 179 g/mol. The van der Waals surface area contributed by atoms with Crippen LogP contribution < -0.4 is 0 Å². The Hall–Kier alpha value is -0.850. The minimum atomic E-state index is 0.785. The van der Waals surface area contributed by atoms with Crippen molar-refractivity contribution in [3.8, 4) is 0 Å². The minimum Gasteiger partial charge on any atom is -0.269 e. The largest absolute Gasteiger partial charge is 0.269 e. The Morgan fingerprint density at radius 3 is 2.62 bits per heavy atom. The second-order valence-electron chi connectivity index (χ2n) is 3.63. The number of rotatable bonds is 6. The third-order valence-electron chi connectivity index (χ3n) is 1.90. The quantitative estimate of drug-likeness (QED) is 0.432. The molecular weight excluding hydrogens is 158 g/mol. The van der Waals surface area contributed by atoms with Crippen molar-refractivity contribution in [2.24, 2.45) is 10.9 Å². The molecule has 0 unspecified atom stereocenters. The lowest BCUT2D eigenvalue weighted by atomic mass is 10.1. The molecule has 0 atom stereocenters. The highest BCUT2D eigenvalue weighted by Gasteiger charge is 1.96. The number of aliphatic imine (C=N–C) groups is 1. The zero-order chi connectivity index (χ0) is 10.1. The summed E-state index contributed by atoms with van der Waals surface area (Å²) in [5.41, 5.74) is 1.10. The molecule has 0 rings (SSSR count). The van der Waals surface area contributed by atoms with E-state index in [1.165, 1.54) is 12.8 Å². The van der Waals surface area contributed by atoms with Crippen LogP contribution in [0.15, 0.2) is 28.9 Å². The summed E-state index contributed by atoms with van der Waals surface area (Å²) in [7, 11) is 0. The summed E-state index contributed by atoms with van der Waals surface area (Å²) in [6, 6.07) is 0. The predicted molar refractivity (Wildman–Crippen MR) is 61.1 cm³/mol. The maximum Gasteiger partial charge on any atom is 0.0396 e. The lowest BCUT2D eigenvalue weighted by Gasteiger charge is -2.03. The maximum atomic E-state index is 3.98. The van der Waals surface area contributed by atoms with Gasteiger partial charge in [0.25, 0.3) is 0 Å². The summed E-state index contributed by atoms with van der Waals surface area (Å²) in [6.07, 6.45) is 9.58. The Kier molecular flexibility index (Phi) is 7.27. The molecule has 0 aromatic heterocycles. The molecule has 0 heterocycles. The number of hydrogen-bond acceptors (Lipinski definition) is 1. The molecule has 0 saturated heterocycles. The summed E-state index contributed by atoms with van der Waals surface area (Å²) < 4.78 is 0. The van der Waals surface area contributed by atoms with Gasteiger partial charge in [-0.15, -0.1) is 0 Å². The van der Waals surface area contributed by atoms with Gasteiger partial charge in [0.1, 0.15) is 0 Å². The molecule has 0 aromatic carbocycles. The third-order valence-corrected chi connectivity index (χ3v) is 1.90. The number of allylic oxidation sites excluding steroid dienone is 4. The molecule has 0 amide bonds. The average Bonchev–Trinajstić information content (AvgIpc) is 2.10. The van der Waals surface area contributed by atoms with Gasteiger partial charge in [0.2, 0.25) is 0 Å². The Balaban J connectivity index is 3.79. The molecular formula is C12H21N. The second kappa shape index (κ2) is 7.78. The molecule has 0 aliphatic carbocycles. The van der Waals surface area contributed by atoms with E-state index in [4.69, 9.17) is 0 Å². The highest BCUT2D eigenvalue weighted by atomic mass is 14.7. The average molecular weight is 179 g/mol. The molecule has 0 aliphatic heterocycles. The van der Waals surface area contributed by atoms with Crippen molar-refractivity contribution in [2.45, 2.75) is 40.0 Å². The Labute approximate surface area is 82.3 Å². The third kappa shape index (κ3) is 7.51. The van der Waals surface area contributed by atoms with E-state index in [0.29, 0.717) is 0 Å². The van der Waals surface area contributed by atoms with Gasteiger partial charge >= 0.3 is 0 Å². The maximum absolute atomic E-state index is 3.98. The van der Waals surface area contributed by atoms with Crippen LogP contribution in [0.4, 0.5) is 0 Å². The Morgan fingerprint density at radius 1 is 1.46 bits per heavy atom. The summed E-state index contributed by atoms with van der Waals surface area (Å²) in [4.78, 5) is 3.98. The standard InChI is InChI=1S/C12H21N/c1-5-6-9-12(13-4)10-7-8-11(2)3/h5-6,9,11H,4,7-8,10H2,1-3H3/b6-5-,12-9-. The van der Waals surface area contributed by atoms with Gasteiger partial charge in [-0.05, 0) is 38.5 Å². The van der Waals surface area contributed by atoms with Gasteiger partial charge in [-0.3, -0.25) is 4.99 Å². The van der Waals surface area contributed by atoms with Crippen molar-refractivity contribution in [1.29, 1.82) is 0 Å². The molecule has 0 spiro atoms. The first-order chi connectivity index (χ1) is 6.20. The van der Waals surface area contributed by atoms with Gasteiger partial charge in [-0.2, -0.15) is 0 Å². The Bertz CT molecular complexity index is 187. The summed E-state index contributed by atoms with van der Waals surface area (Å²) in [5, 5.41) is 0. The molecule has 0 fully saturated rings. The van der Waals surface area contributed by atoms with Crippen LogP contribution in [0.2, 0.25) is 0 Å². The number of hydrogen-bond donors (Lipinski definition) is 0. The Morgan fingerprint density at radius 2 is 2.15 bits per heavy atom. The van der Waals surface area contributed by atoms with Crippen LogP contribution in [0.3, 0.4) is 0 Å². The first-order valence-electron chi connectivity index (χ1n) is 4.99. The zero-order valence-corrected chi connectivity index (χ0v) is 9.09. The van der Waals surface area contributed by atoms with Crippen molar-refractivity contribution in [2.75, 3.05) is 0 Å². The fourth-order valence-corrected chi connectivity index (χ4v) is 1.11. The van der Waals surface area contributed by atoms with Gasteiger partial charge in [-0.1, -0.05) is 32.4 Å². The molecule has 0 saturated carbocycles. The van der Waals surface area contributed by atoms with Gasteiger partial charge in [-0.25, -0.2) is 0 Å². The minimum absolute atomic E-state index is 0.785. The van der Waals surface area contributed by atoms with E-state index in [1.807, 2.05) is 25.2 Å². The van der Waals surface area contributed by atoms with Crippen molar-refractivity contribution in [1.82, 2.24) is 0 Å². The lowest BCUT2D eigenvalue weighted by molar-refractivity contribution is 0.554. The summed E-state index contributed by atoms with van der Waals surface area (Å²) >= 11 is 0. The fraction of sp³-hybridized carbons (Fsp3) is 0.583. The molecule has 13 heavy (non-hydrogen) atoms. The number of nitrogens with zero attached hydrogens (tertiary/aromatic N) is 1. The van der Waals surface area contributed by atoms with E-state index in [0.717, 1.165) is 18.0 Å². The van der Waals surface area contributed by atoms with E-state index in [9.17, 15) is 0 Å². The van der Waals surface area contributed by atoms with Gasteiger partial charge in [0.15, 0.2) is 0 Å². The van der Waals surface area contributed by atoms with E-state index in [2.05, 4.69) is 25.6 Å². The molecule has 1 heteroatoms. The highest BCUT2D eigenvalue weighted by Crippen LogP contribution is 2.12. The van der Waals surface area contributed by atoms with Gasteiger partial charge in [0, 0.05) is 5.70 Å². The van der Waals surface area contributed by atoms with Crippen molar-refractivity contribution < 1.29 is 0 Å². The zero-order valence-electron chi connectivity index (χ0n) is 9.09. The first-order valence-corrected chi connectivity index (χ1v) is 4.99. The fourth-order valence-electron chi connectivity index (χ4n) is 1.11. The van der Waals surface area contributed by atoms with E-state index in [1.54, 1.807) is 0 Å².